The third-order valence-electron chi connectivity index (χ3n) is 5.02. The highest BCUT2D eigenvalue weighted by Crippen LogP contribution is 2.25. The molecule has 0 aliphatic carbocycles. The van der Waals surface area contributed by atoms with Gasteiger partial charge in [0.1, 0.15) is 12.2 Å². The highest BCUT2D eigenvalue weighted by atomic mass is 16.6. The van der Waals surface area contributed by atoms with Gasteiger partial charge in [-0.15, -0.1) is 0 Å². The Labute approximate surface area is 186 Å². The van der Waals surface area contributed by atoms with Crippen molar-refractivity contribution in [1.82, 2.24) is 20.9 Å². The second-order valence-corrected chi connectivity index (χ2v) is 7.48. The number of aliphatic hydroxyl groups excluding tert-OH is 2. The summed E-state index contributed by atoms with van der Waals surface area (Å²) in [5, 5.41) is 44.4. The van der Waals surface area contributed by atoms with Crippen molar-refractivity contribution < 1.29 is 53.9 Å². The molecular formula is C17H25N5O11. The van der Waals surface area contributed by atoms with Crippen LogP contribution in [0.5, 0.6) is 0 Å². The number of urea groups is 1. The molecule has 184 valence electrons. The Morgan fingerprint density at radius 1 is 1.15 bits per heavy atom. The van der Waals surface area contributed by atoms with Crippen LogP contribution in [0.2, 0.25) is 0 Å². The lowest BCUT2D eigenvalue weighted by atomic mass is 10.0. The van der Waals surface area contributed by atoms with Crippen LogP contribution in [0.1, 0.15) is 25.7 Å². The van der Waals surface area contributed by atoms with Gasteiger partial charge in [-0.3, -0.25) is 35.1 Å². The van der Waals surface area contributed by atoms with Gasteiger partial charge in [0.2, 0.25) is 11.8 Å². The lowest BCUT2D eigenvalue weighted by molar-refractivity contribution is -0.149. The fourth-order valence-corrected chi connectivity index (χ4v) is 3.19. The number of ether oxygens (including phenoxy) is 1. The van der Waals surface area contributed by atoms with Crippen molar-refractivity contribution >= 4 is 35.7 Å². The average Bonchev–Trinajstić information content (AvgIpc) is 3.01. The molecule has 0 aromatic carbocycles. The topological polar surface area (TPSA) is 258 Å². The van der Waals surface area contributed by atoms with Crippen LogP contribution in [0.3, 0.4) is 0 Å². The molecule has 2 heterocycles. The molecule has 0 saturated carbocycles. The van der Waals surface area contributed by atoms with E-state index in [1.807, 2.05) is 10.6 Å². The van der Waals surface area contributed by atoms with Crippen LogP contribution in [0.4, 0.5) is 4.79 Å². The zero-order valence-corrected chi connectivity index (χ0v) is 17.2. The second kappa shape index (κ2) is 10.5. The zero-order chi connectivity index (χ0) is 24.9. The predicted octanol–water partition coefficient (Wildman–Crippen LogP) is -4.40. The number of hydrogen-bond donors (Lipinski definition) is 8. The van der Waals surface area contributed by atoms with E-state index in [1.165, 1.54) is 0 Å². The van der Waals surface area contributed by atoms with Crippen LogP contribution in [0.25, 0.3) is 0 Å². The summed E-state index contributed by atoms with van der Waals surface area (Å²) in [6.07, 6.45) is -8.05. The van der Waals surface area contributed by atoms with Gasteiger partial charge in [0.05, 0.1) is 0 Å². The second-order valence-electron chi connectivity index (χ2n) is 7.48. The largest absolute Gasteiger partial charge is 0.481 e. The Hall–Kier alpha value is -3.34. The number of amides is 5. The Balaban J connectivity index is 1.86. The standard InChI is InChI=1S/C17H25N5O11/c18-17(15(30)31,4-1-9(25)26)21-8(24)2-5-19-13(29)12-10(27)11(28)14(33-12)22-6-3-7(23)20-16(22)32/h10-12,14,27-28H,1-6,18H2,(H,19,29)(H,21,24)(H,25,26)(H,30,31)(H,20,23,32)/t10-,11+,12+,14-,17+/m1/s1. The van der Waals surface area contributed by atoms with Crippen molar-refractivity contribution in [3.63, 3.8) is 0 Å². The van der Waals surface area contributed by atoms with Crippen molar-refractivity contribution in [3.8, 4) is 0 Å². The van der Waals surface area contributed by atoms with Gasteiger partial charge in [-0.05, 0) is 0 Å². The number of nitrogens with one attached hydrogen (secondary N) is 3. The fraction of sp³-hybridized carbons (Fsp3) is 0.647. The number of aliphatic hydroxyl groups is 2. The van der Waals surface area contributed by atoms with E-state index >= 15 is 0 Å². The van der Waals surface area contributed by atoms with Gasteiger partial charge in [-0.1, -0.05) is 0 Å². The molecule has 16 heteroatoms. The zero-order valence-electron chi connectivity index (χ0n) is 17.2. The number of imide groups is 1. The molecule has 33 heavy (non-hydrogen) atoms. The average molecular weight is 475 g/mol. The highest BCUT2D eigenvalue weighted by Gasteiger charge is 2.50. The van der Waals surface area contributed by atoms with Gasteiger partial charge in [-0.25, -0.2) is 9.59 Å². The minimum Gasteiger partial charge on any atom is -0.481 e. The fourth-order valence-electron chi connectivity index (χ4n) is 3.19. The van der Waals surface area contributed by atoms with Crippen molar-refractivity contribution in [2.45, 2.75) is 55.9 Å². The minimum absolute atomic E-state index is 0.0637. The van der Waals surface area contributed by atoms with Crippen LogP contribution >= 0.6 is 0 Å². The van der Waals surface area contributed by atoms with E-state index in [-0.39, 0.29) is 19.5 Å². The molecule has 0 bridgehead atoms. The lowest BCUT2D eigenvalue weighted by Gasteiger charge is -2.32. The van der Waals surface area contributed by atoms with E-state index in [1.54, 1.807) is 0 Å². The first-order valence-corrected chi connectivity index (χ1v) is 9.80. The first kappa shape index (κ1) is 25.9. The smallest absolute Gasteiger partial charge is 0.344 e. The molecule has 0 spiro atoms. The molecule has 0 unspecified atom stereocenters. The summed E-state index contributed by atoms with van der Waals surface area (Å²) in [5.41, 5.74) is 3.22. The van der Waals surface area contributed by atoms with Crippen LogP contribution in [-0.2, 0) is 28.7 Å². The normalized spacial score (nSPS) is 26.8. The van der Waals surface area contributed by atoms with E-state index in [4.69, 9.17) is 20.7 Å². The highest BCUT2D eigenvalue weighted by molar-refractivity contribution is 5.96. The van der Waals surface area contributed by atoms with Crippen LogP contribution < -0.4 is 21.7 Å². The number of rotatable bonds is 10. The molecule has 16 nitrogen and oxygen atoms in total. The van der Waals surface area contributed by atoms with E-state index < -0.39 is 85.2 Å². The third kappa shape index (κ3) is 6.35. The monoisotopic (exact) mass is 475 g/mol. The van der Waals surface area contributed by atoms with E-state index in [9.17, 15) is 39.0 Å². The van der Waals surface area contributed by atoms with Gasteiger partial charge in [0.15, 0.2) is 18.0 Å². The van der Waals surface area contributed by atoms with Crippen molar-refractivity contribution in [3.05, 3.63) is 0 Å². The van der Waals surface area contributed by atoms with Gasteiger partial charge < -0.3 is 35.8 Å². The summed E-state index contributed by atoms with van der Waals surface area (Å²) in [7, 11) is 0. The molecule has 2 aliphatic heterocycles. The number of nitrogens with two attached hydrogens (primary N) is 1. The number of carboxylic acid groups (broad SMARTS) is 2. The van der Waals surface area contributed by atoms with E-state index in [0.717, 1.165) is 4.90 Å². The molecule has 5 amide bonds. The van der Waals surface area contributed by atoms with Crippen LogP contribution in [-0.4, -0.2) is 104 Å². The summed E-state index contributed by atoms with van der Waals surface area (Å²) < 4.78 is 5.30. The Bertz CT molecular complexity index is 836. The number of carbonyl (C=O) groups is 6. The van der Waals surface area contributed by atoms with Gasteiger partial charge >= 0.3 is 18.0 Å². The maximum Gasteiger partial charge on any atom is 0.344 e. The molecule has 0 aromatic heterocycles. The lowest BCUT2D eigenvalue weighted by Crippen LogP contribution is -2.62. The van der Waals surface area contributed by atoms with E-state index in [0.29, 0.717) is 0 Å². The predicted molar refractivity (Wildman–Crippen MR) is 103 cm³/mol. The molecule has 0 aromatic rings. The van der Waals surface area contributed by atoms with Crippen molar-refractivity contribution in [2.75, 3.05) is 13.1 Å². The SMILES string of the molecule is N[C@@](CCC(=O)O)(NC(=O)CCNC(=O)[C@H]1O[C@@H](N2CCC(=O)NC2=O)[C@@H](O)[C@H]1O)C(=O)O. The molecule has 2 rings (SSSR count). The van der Waals surface area contributed by atoms with Gasteiger partial charge in [-0.2, -0.15) is 0 Å². The maximum absolute atomic E-state index is 12.3. The van der Waals surface area contributed by atoms with E-state index in [2.05, 4.69) is 5.32 Å². The Kier molecular flexibility index (Phi) is 8.26. The molecule has 2 saturated heterocycles. The van der Waals surface area contributed by atoms with Crippen molar-refractivity contribution in [1.29, 1.82) is 0 Å². The number of hydrogen-bond acceptors (Lipinski definition) is 10. The molecule has 2 aliphatic rings. The molecule has 2 fully saturated rings. The molecular weight excluding hydrogens is 450 g/mol. The molecule has 0 radical (unpaired) electrons. The summed E-state index contributed by atoms with van der Waals surface area (Å²) in [5.74, 6) is -5.30. The summed E-state index contributed by atoms with van der Waals surface area (Å²) in [6, 6.07) is -0.855. The van der Waals surface area contributed by atoms with Crippen LogP contribution in [0.15, 0.2) is 0 Å². The minimum atomic E-state index is -2.32. The number of carbonyl (C=O) groups excluding carboxylic acids is 4. The quantitative estimate of drug-likeness (QED) is 0.139. The molecule has 9 N–H and O–H groups in total. The van der Waals surface area contributed by atoms with Crippen molar-refractivity contribution in [2.24, 2.45) is 5.73 Å². The first-order valence-electron chi connectivity index (χ1n) is 9.80. The number of carboxylic acids is 2. The summed E-state index contributed by atoms with van der Waals surface area (Å²) in [4.78, 5) is 70.3. The maximum atomic E-state index is 12.3. The van der Waals surface area contributed by atoms with Gasteiger partial charge in [0.25, 0.3) is 5.91 Å². The number of nitrogens with zero attached hydrogens (tertiary/aromatic N) is 1. The molecule has 5 atom stereocenters. The Morgan fingerprint density at radius 3 is 2.39 bits per heavy atom. The van der Waals surface area contributed by atoms with Crippen LogP contribution in [0, 0.1) is 0 Å². The van der Waals surface area contributed by atoms with Gasteiger partial charge in [0, 0.05) is 38.8 Å². The summed E-state index contributed by atoms with van der Waals surface area (Å²) >= 11 is 0. The number of aliphatic carboxylic acids is 2. The summed E-state index contributed by atoms with van der Waals surface area (Å²) in [6.45, 7) is -0.439. The third-order valence-corrected chi connectivity index (χ3v) is 5.02. The first-order chi connectivity index (χ1) is 15.4. The Morgan fingerprint density at radius 2 is 1.82 bits per heavy atom.